The van der Waals surface area contributed by atoms with Crippen molar-refractivity contribution >= 4 is 16.1 Å². The van der Waals surface area contributed by atoms with Crippen LogP contribution in [0.15, 0.2) is 12.2 Å². The van der Waals surface area contributed by atoms with E-state index in [9.17, 15) is 33.1 Å². The molecule has 166 valence electrons. The average Bonchev–Trinajstić information content (AvgIpc) is 2.95. The maximum Gasteiger partial charge on any atom is 1.00 e. The molecule has 0 amide bonds. The monoisotopic (exact) mass is 454 g/mol. The number of esters is 1. The van der Waals surface area contributed by atoms with Crippen molar-refractivity contribution in [3.05, 3.63) is 12.2 Å². The minimum Gasteiger partial charge on any atom is -0.748 e. The van der Waals surface area contributed by atoms with Crippen molar-refractivity contribution in [2.24, 2.45) is 28.6 Å². The first-order valence-electron chi connectivity index (χ1n) is 10.1. The molecular formula is C20H31NaO8S. The molecule has 3 N–H and O–H groups in total. The first-order chi connectivity index (χ1) is 13.4. The predicted octanol–water partition coefficient (Wildman–Crippen LogP) is -2.43. The quantitative estimate of drug-likeness (QED) is 0.180. The number of fused-ring (bicyclic) bond motifs is 1. The Hall–Kier alpha value is 0. The molecule has 0 radical (unpaired) electrons. The number of carbonyl (C=O) groups excluding carboxylic acids is 1. The summed E-state index contributed by atoms with van der Waals surface area (Å²) >= 11 is 0. The van der Waals surface area contributed by atoms with Gasteiger partial charge in [-0.25, -0.2) is 8.42 Å². The number of hydrogen-bond donors (Lipinski definition) is 3. The molecule has 1 heterocycles. The Labute approximate surface area is 200 Å². The molecule has 2 saturated carbocycles. The van der Waals surface area contributed by atoms with Crippen molar-refractivity contribution in [1.82, 2.24) is 0 Å². The first-order valence-corrected chi connectivity index (χ1v) is 11.6. The van der Waals surface area contributed by atoms with Gasteiger partial charge < -0.3 is 24.6 Å². The molecule has 0 aromatic heterocycles. The third kappa shape index (κ3) is 4.29. The Morgan fingerprint density at radius 2 is 1.93 bits per heavy atom. The summed E-state index contributed by atoms with van der Waals surface area (Å²) in [7, 11) is -4.90. The van der Waals surface area contributed by atoms with Crippen molar-refractivity contribution in [3.63, 3.8) is 0 Å². The van der Waals surface area contributed by atoms with Crippen LogP contribution in [0.3, 0.4) is 0 Å². The molecule has 30 heavy (non-hydrogen) atoms. The van der Waals surface area contributed by atoms with E-state index in [1.807, 2.05) is 13.8 Å². The number of aliphatic hydroxyl groups excluding tert-OH is 3. The van der Waals surface area contributed by atoms with Crippen LogP contribution in [0.2, 0.25) is 0 Å². The largest absolute Gasteiger partial charge is 1.00 e. The van der Waals surface area contributed by atoms with Crippen LogP contribution in [0.1, 0.15) is 46.0 Å². The molecule has 8 nitrogen and oxygen atoms in total. The van der Waals surface area contributed by atoms with Gasteiger partial charge in [0.05, 0.1) is 28.1 Å². The second-order valence-electron chi connectivity index (χ2n) is 9.52. The van der Waals surface area contributed by atoms with Gasteiger partial charge in [-0.05, 0) is 49.4 Å². The molecule has 0 aromatic rings. The summed E-state index contributed by atoms with van der Waals surface area (Å²) < 4.78 is 41.1. The summed E-state index contributed by atoms with van der Waals surface area (Å²) in [6.45, 7) is 7.42. The van der Waals surface area contributed by atoms with Crippen LogP contribution < -0.4 is 29.6 Å². The van der Waals surface area contributed by atoms with Crippen LogP contribution in [0.25, 0.3) is 0 Å². The number of ether oxygens (including phenoxy) is 1. The Kier molecular flexibility index (Phi) is 7.96. The molecule has 2 aliphatic carbocycles. The summed E-state index contributed by atoms with van der Waals surface area (Å²) in [5, 5.41) is 29.1. The molecule has 10 heteroatoms. The van der Waals surface area contributed by atoms with Gasteiger partial charge in [-0.15, -0.1) is 0 Å². The van der Waals surface area contributed by atoms with Crippen molar-refractivity contribution in [2.45, 2.75) is 63.4 Å². The van der Waals surface area contributed by atoms with Gasteiger partial charge in [-0.3, -0.25) is 4.79 Å². The van der Waals surface area contributed by atoms with Crippen molar-refractivity contribution in [1.29, 1.82) is 0 Å². The molecule has 3 aliphatic rings. The van der Waals surface area contributed by atoms with Gasteiger partial charge in [0.15, 0.2) is 0 Å². The normalized spacial score (nSPS) is 42.8. The molecule has 0 bridgehead atoms. The van der Waals surface area contributed by atoms with E-state index in [1.54, 1.807) is 0 Å². The van der Waals surface area contributed by atoms with Gasteiger partial charge in [0.2, 0.25) is 0 Å². The average molecular weight is 455 g/mol. The SMILES string of the molecule is C=C1CCC2[C@](C)(CO)[C@H](O)CC[C@@]2(C)[C@@H]1CC(C1C(=O)OC[C@H]1O)S(=O)(=O)[O-].[Na+]. The fourth-order valence-corrected chi connectivity index (χ4v) is 7.32. The Morgan fingerprint density at radius 1 is 1.30 bits per heavy atom. The van der Waals surface area contributed by atoms with Crippen molar-refractivity contribution < 1.29 is 67.4 Å². The van der Waals surface area contributed by atoms with E-state index >= 15 is 0 Å². The second-order valence-corrected chi connectivity index (χ2v) is 11.1. The Balaban J connectivity index is 0.00000320. The van der Waals surface area contributed by atoms with Gasteiger partial charge in [0, 0.05) is 5.41 Å². The van der Waals surface area contributed by atoms with Crippen molar-refractivity contribution in [3.8, 4) is 0 Å². The van der Waals surface area contributed by atoms with E-state index in [4.69, 9.17) is 4.74 Å². The fourth-order valence-electron chi connectivity index (χ4n) is 6.24. The third-order valence-corrected chi connectivity index (χ3v) is 9.24. The van der Waals surface area contributed by atoms with Crippen LogP contribution in [-0.4, -0.2) is 64.9 Å². The fraction of sp³-hybridized carbons (Fsp3) is 0.850. The molecule has 0 spiro atoms. The smallest absolute Gasteiger partial charge is 0.748 e. The summed E-state index contributed by atoms with van der Waals surface area (Å²) in [5.41, 5.74) is -0.443. The summed E-state index contributed by atoms with van der Waals surface area (Å²) in [6, 6.07) is 0. The van der Waals surface area contributed by atoms with Crippen LogP contribution in [0, 0.1) is 28.6 Å². The van der Waals surface area contributed by atoms with Gasteiger partial charge >= 0.3 is 35.5 Å². The zero-order chi connectivity index (χ0) is 21.8. The molecule has 0 aromatic carbocycles. The molecule has 8 atom stereocenters. The molecule has 3 fully saturated rings. The standard InChI is InChI=1S/C20H32O8S.Na/c1-11-4-5-15-19(2,7-6-16(23)20(15,3)10-21)12(11)8-14(29(25,26)27)17-13(22)9-28-18(17)24;/h12-17,21-23H,1,4-10H2,2-3H3,(H,25,26,27);/q;+1/p-1/t12-,13-,14?,15?,16-,17?,19+,20+;/m1./s1. The number of rotatable bonds is 5. The van der Waals surface area contributed by atoms with E-state index in [-0.39, 0.29) is 55.1 Å². The predicted molar refractivity (Wildman–Crippen MR) is 102 cm³/mol. The second kappa shape index (κ2) is 9.09. The summed E-state index contributed by atoms with van der Waals surface area (Å²) in [6.07, 6.45) is 0.152. The summed E-state index contributed by atoms with van der Waals surface area (Å²) in [4.78, 5) is 12.1. The number of allylic oxidation sites excluding steroid dienone is 1. The van der Waals surface area contributed by atoms with E-state index in [1.165, 1.54) is 0 Å². The van der Waals surface area contributed by atoms with Crippen LogP contribution in [0.5, 0.6) is 0 Å². The summed E-state index contributed by atoms with van der Waals surface area (Å²) in [5.74, 6) is -2.78. The van der Waals surface area contributed by atoms with Gasteiger partial charge in [0.25, 0.3) is 0 Å². The molecule has 3 rings (SSSR count). The number of hydrogen-bond acceptors (Lipinski definition) is 8. The van der Waals surface area contributed by atoms with Gasteiger partial charge in [-0.1, -0.05) is 26.0 Å². The zero-order valence-corrected chi connectivity index (χ0v) is 20.7. The Morgan fingerprint density at radius 3 is 2.43 bits per heavy atom. The molecule has 1 aliphatic heterocycles. The minimum absolute atomic E-state index is 0. The number of cyclic esters (lactones) is 1. The topological polar surface area (TPSA) is 144 Å². The maximum atomic E-state index is 12.1. The van der Waals surface area contributed by atoms with Gasteiger partial charge in [-0.2, -0.15) is 0 Å². The van der Waals surface area contributed by atoms with Crippen LogP contribution in [0.4, 0.5) is 0 Å². The zero-order valence-electron chi connectivity index (χ0n) is 17.9. The van der Waals surface area contributed by atoms with E-state index < -0.39 is 56.2 Å². The molecular weight excluding hydrogens is 423 g/mol. The van der Waals surface area contributed by atoms with Crippen LogP contribution in [-0.2, 0) is 19.6 Å². The van der Waals surface area contributed by atoms with E-state index in [2.05, 4.69) is 6.58 Å². The van der Waals surface area contributed by atoms with Crippen LogP contribution >= 0.6 is 0 Å². The van der Waals surface area contributed by atoms with Crippen molar-refractivity contribution in [2.75, 3.05) is 13.2 Å². The number of aliphatic hydroxyl groups is 3. The first kappa shape index (κ1) is 26.3. The Bertz CT molecular complexity index is 786. The third-order valence-electron chi connectivity index (χ3n) is 8.02. The van der Waals surface area contributed by atoms with E-state index in [0.717, 1.165) is 5.57 Å². The molecule has 3 unspecified atom stereocenters. The molecule has 1 saturated heterocycles. The van der Waals surface area contributed by atoms with Gasteiger partial charge in [0.1, 0.15) is 18.6 Å². The number of carbonyl (C=O) groups is 1. The minimum atomic E-state index is -4.90. The van der Waals surface area contributed by atoms with E-state index in [0.29, 0.717) is 25.7 Å². The maximum absolute atomic E-state index is 12.1.